The lowest BCUT2D eigenvalue weighted by atomic mass is 10.1. The van der Waals surface area contributed by atoms with Crippen LogP contribution in [0, 0.1) is 0 Å². The Hall–Kier alpha value is -3.19. The highest BCUT2D eigenvalue weighted by molar-refractivity contribution is 6.04. The van der Waals surface area contributed by atoms with Gasteiger partial charge in [0.05, 0.1) is 5.56 Å². The lowest BCUT2D eigenvalue weighted by Crippen LogP contribution is -2.30. The first-order valence-electron chi connectivity index (χ1n) is 8.16. The molecule has 0 aromatic heterocycles. The molecular formula is C19H18N2O5. The van der Waals surface area contributed by atoms with Gasteiger partial charge in [0.15, 0.2) is 0 Å². The molecule has 1 aliphatic heterocycles. The number of carbonyl (C=O) groups is 3. The third-order valence-electron chi connectivity index (χ3n) is 4.05. The van der Waals surface area contributed by atoms with Gasteiger partial charge in [0, 0.05) is 24.2 Å². The number of carboxylic acids is 1. The molecule has 2 aromatic carbocycles. The third kappa shape index (κ3) is 4.25. The number of nitrogens with one attached hydrogen (secondary N) is 2. The third-order valence-corrected chi connectivity index (χ3v) is 4.05. The summed E-state index contributed by atoms with van der Waals surface area (Å²) in [5, 5.41) is 14.5. The Bertz CT molecular complexity index is 822. The molecule has 7 heteroatoms. The van der Waals surface area contributed by atoms with E-state index in [-0.39, 0.29) is 17.9 Å². The van der Waals surface area contributed by atoms with E-state index in [0.29, 0.717) is 17.8 Å². The van der Waals surface area contributed by atoms with Crippen molar-refractivity contribution in [2.75, 3.05) is 11.9 Å². The van der Waals surface area contributed by atoms with Crippen molar-refractivity contribution in [1.82, 2.24) is 5.32 Å². The zero-order valence-electron chi connectivity index (χ0n) is 13.8. The molecule has 2 aromatic rings. The largest absolute Gasteiger partial charge is 0.480 e. The second kappa shape index (κ2) is 7.79. The lowest BCUT2D eigenvalue weighted by Gasteiger charge is -2.12. The highest BCUT2D eigenvalue weighted by Crippen LogP contribution is 2.17. The molecular weight excluding hydrogens is 336 g/mol. The number of esters is 1. The molecule has 0 unspecified atom stereocenters. The Morgan fingerprint density at radius 1 is 1.04 bits per heavy atom. The van der Waals surface area contributed by atoms with Gasteiger partial charge in [-0.2, -0.15) is 0 Å². The fourth-order valence-corrected chi connectivity index (χ4v) is 2.72. The molecule has 1 heterocycles. The Morgan fingerprint density at radius 2 is 1.77 bits per heavy atom. The minimum absolute atomic E-state index is 0.228. The summed E-state index contributed by atoms with van der Waals surface area (Å²) in [7, 11) is 0. The molecule has 26 heavy (non-hydrogen) atoms. The number of hydrogen-bond donors (Lipinski definition) is 3. The number of ether oxygens (including phenoxy) is 1. The van der Waals surface area contributed by atoms with E-state index in [1.54, 1.807) is 42.5 Å². The van der Waals surface area contributed by atoms with Crippen molar-refractivity contribution < 1.29 is 24.2 Å². The number of benzene rings is 2. The van der Waals surface area contributed by atoms with Crippen molar-refractivity contribution in [2.45, 2.75) is 18.6 Å². The van der Waals surface area contributed by atoms with Crippen LogP contribution in [0.15, 0.2) is 54.6 Å². The molecule has 134 valence electrons. The fourth-order valence-electron chi connectivity index (χ4n) is 2.72. The zero-order chi connectivity index (χ0) is 18.5. The van der Waals surface area contributed by atoms with Crippen LogP contribution in [0.25, 0.3) is 0 Å². The van der Waals surface area contributed by atoms with Crippen molar-refractivity contribution in [1.29, 1.82) is 0 Å². The van der Waals surface area contributed by atoms with Gasteiger partial charge in [0.25, 0.3) is 5.91 Å². The number of anilines is 1. The Morgan fingerprint density at radius 3 is 2.46 bits per heavy atom. The van der Waals surface area contributed by atoms with Gasteiger partial charge < -0.3 is 20.5 Å². The quantitative estimate of drug-likeness (QED) is 0.709. The normalized spacial score (nSPS) is 18.9. The van der Waals surface area contributed by atoms with Crippen molar-refractivity contribution in [3.63, 3.8) is 0 Å². The first-order chi connectivity index (χ1) is 12.5. The predicted octanol–water partition coefficient (Wildman–Crippen LogP) is 1.91. The first-order valence-corrected chi connectivity index (χ1v) is 8.16. The van der Waals surface area contributed by atoms with Gasteiger partial charge in [-0.3, -0.25) is 9.59 Å². The van der Waals surface area contributed by atoms with Crippen LogP contribution in [0.4, 0.5) is 5.69 Å². The van der Waals surface area contributed by atoms with Crippen LogP contribution in [0.5, 0.6) is 0 Å². The standard InChI is InChI=1S/C19H18N2O5/c22-17(12-5-2-1-3-6-12)21-14-8-4-7-13(9-14)19(25)26-15-10-16(18(23)24)20-11-15/h1-9,15-16,20H,10-11H2,(H,21,22)(H,23,24)/t15-,16-/m0/s1. The minimum Gasteiger partial charge on any atom is -0.480 e. The van der Waals surface area contributed by atoms with Crippen molar-refractivity contribution in [2.24, 2.45) is 0 Å². The second-order valence-electron chi connectivity index (χ2n) is 5.96. The Labute approximate surface area is 150 Å². The van der Waals surface area contributed by atoms with E-state index < -0.39 is 24.1 Å². The first kappa shape index (κ1) is 17.6. The average Bonchev–Trinajstić information content (AvgIpc) is 3.11. The van der Waals surface area contributed by atoms with E-state index >= 15 is 0 Å². The number of amides is 1. The van der Waals surface area contributed by atoms with Gasteiger partial charge in [-0.15, -0.1) is 0 Å². The van der Waals surface area contributed by atoms with Gasteiger partial charge in [0.1, 0.15) is 12.1 Å². The van der Waals surface area contributed by atoms with E-state index in [1.165, 1.54) is 6.07 Å². The molecule has 1 amide bonds. The van der Waals surface area contributed by atoms with Crippen LogP contribution < -0.4 is 10.6 Å². The molecule has 2 atom stereocenters. The Balaban J connectivity index is 1.63. The van der Waals surface area contributed by atoms with Gasteiger partial charge in [-0.05, 0) is 30.3 Å². The second-order valence-corrected chi connectivity index (χ2v) is 5.96. The van der Waals surface area contributed by atoms with Crippen LogP contribution in [0.3, 0.4) is 0 Å². The highest BCUT2D eigenvalue weighted by Gasteiger charge is 2.31. The van der Waals surface area contributed by atoms with Crippen LogP contribution >= 0.6 is 0 Å². The van der Waals surface area contributed by atoms with Crippen LogP contribution in [-0.2, 0) is 9.53 Å². The summed E-state index contributed by atoms with van der Waals surface area (Å²) in [5.74, 6) is -1.80. The monoisotopic (exact) mass is 354 g/mol. The number of rotatable bonds is 5. The van der Waals surface area contributed by atoms with E-state index in [9.17, 15) is 14.4 Å². The van der Waals surface area contributed by atoms with Crippen LogP contribution in [0.1, 0.15) is 27.1 Å². The maximum absolute atomic E-state index is 12.3. The summed E-state index contributed by atoms with van der Waals surface area (Å²) in [5.41, 5.74) is 1.27. The van der Waals surface area contributed by atoms with Gasteiger partial charge >= 0.3 is 11.9 Å². The van der Waals surface area contributed by atoms with E-state index in [0.717, 1.165) is 0 Å². The number of hydrogen-bond acceptors (Lipinski definition) is 5. The molecule has 0 radical (unpaired) electrons. The molecule has 0 saturated carbocycles. The zero-order valence-corrected chi connectivity index (χ0v) is 13.8. The SMILES string of the molecule is O=C(Nc1cccc(C(=O)O[C@@H]2CN[C@H](C(=O)O)C2)c1)c1ccccc1. The molecule has 1 aliphatic rings. The molecule has 1 fully saturated rings. The summed E-state index contributed by atoms with van der Waals surface area (Å²) >= 11 is 0. The van der Waals surface area contributed by atoms with Crippen LogP contribution in [0.2, 0.25) is 0 Å². The van der Waals surface area contributed by atoms with Crippen molar-refractivity contribution in [3.05, 3.63) is 65.7 Å². The molecule has 3 rings (SSSR count). The highest BCUT2D eigenvalue weighted by atomic mass is 16.5. The van der Waals surface area contributed by atoms with Gasteiger partial charge in [0.2, 0.25) is 0 Å². The van der Waals surface area contributed by atoms with E-state index in [2.05, 4.69) is 10.6 Å². The number of carboxylic acid groups (broad SMARTS) is 1. The topological polar surface area (TPSA) is 105 Å². The van der Waals surface area contributed by atoms with E-state index in [4.69, 9.17) is 9.84 Å². The summed E-state index contributed by atoms with van der Waals surface area (Å²) in [6.45, 7) is 0.299. The van der Waals surface area contributed by atoms with E-state index in [1.807, 2.05) is 6.07 Å². The van der Waals surface area contributed by atoms with Gasteiger partial charge in [-0.25, -0.2) is 4.79 Å². The minimum atomic E-state index is -0.964. The summed E-state index contributed by atoms with van der Waals surface area (Å²) in [6.07, 6.45) is -0.267. The maximum Gasteiger partial charge on any atom is 0.338 e. The summed E-state index contributed by atoms with van der Waals surface area (Å²) < 4.78 is 5.34. The molecule has 1 saturated heterocycles. The number of carbonyl (C=O) groups excluding carboxylic acids is 2. The van der Waals surface area contributed by atoms with Crippen molar-refractivity contribution in [3.8, 4) is 0 Å². The summed E-state index contributed by atoms with van der Waals surface area (Å²) in [4.78, 5) is 35.4. The predicted molar refractivity (Wildman–Crippen MR) is 94.1 cm³/mol. The Kier molecular flexibility index (Phi) is 5.28. The fraction of sp³-hybridized carbons (Fsp3) is 0.211. The van der Waals surface area contributed by atoms with Crippen LogP contribution in [-0.4, -0.2) is 41.6 Å². The molecule has 0 spiro atoms. The number of aliphatic carboxylic acids is 1. The van der Waals surface area contributed by atoms with Crippen molar-refractivity contribution >= 4 is 23.5 Å². The molecule has 3 N–H and O–H groups in total. The lowest BCUT2D eigenvalue weighted by molar-refractivity contribution is -0.139. The maximum atomic E-state index is 12.3. The smallest absolute Gasteiger partial charge is 0.338 e. The average molecular weight is 354 g/mol. The molecule has 0 aliphatic carbocycles. The summed E-state index contributed by atoms with van der Waals surface area (Å²) in [6, 6.07) is 14.5. The molecule has 7 nitrogen and oxygen atoms in total. The van der Waals surface area contributed by atoms with Gasteiger partial charge in [-0.1, -0.05) is 24.3 Å². The molecule has 0 bridgehead atoms.